The van der Waals surface area contributed by atoms with Crippen molar-refractivity contribution < 1.29 is 13.2 Å². The van der Waals surface area contributed by atoms with Crippen LogP contribution in [0.1, 0.15) is 24.7 Å². The predicted octanol–water partition coefficient (Wildman–Crippen LogP) is 2.59. The molecule has 0 saturated carbocycles. The largest absolute Gasteiger partial charge is 0.431 e. The number of pyridine rings is 1. The molecule has 1 N–H and O–H groups in total. The van der Waals surface area contributed by atoms with Crippen LogP contribution >= 0.6 is 11.5 Å². The smallest absolute Gasteiger partial charge is 0.374 e. The Morgan fingerprint density at radius 1 is 1.38 bits per heavy atom. The fraction of sp³-hybridized carbons (Fsp3) is 0.417. The van der Waals surface area contributed by atoms with E-state index in [9.17, 15) is 18.0 Å². The Bertz CT molecular complexity index is 665. The summed E-state index contributed by atoms with van der Waals surface area (Å²) in [4.78, 5) is 11.7. The summed E-state index contributed by atoms with van der Waals surface area (Å²) in [6.45, 7) is 2.36. The lowest BCUT2D eigenvalue weighted by Crippen LogP contribution is -2.28. The first-order valence-electron chi connectivity index (χ1n) is 6.25. The van der Waals surface area contributed by atoms with Gasteiger partial charge in [-0.3, -0.25) is 9.36 Å². The van der Waals surface area contributed by atoms with Gasteiger partial charge in [0, 0.05) is 24.1 Å². The van der Waals surface area contributed by atoms with Gasteiger partial charge in [0.25, 0.3) is 5.56 Å². The molecule has 0 atom stereocenters. The molecule has 0 fully saturated rings. The second-order valence-electron chi connectivity index (χ2n) is 4.31. The van der Waals surface area contributed by atoms with Gasteiger partial charge in [0.2, 0.25) is 0 Å². The van der Waals surface area contributed by atoms with E-state index in [-0.39, 0.29) is 6.54 Å². The molecule has 114 valence electrons. The van der Waals surface area contributed by atoms with Crippen LogP contribution in [-0.4, -0.2) is 20.7 Å². The van der Waals surface area contributed by atoms with Crippen molar-refractivity contribution >= 4 is 16.5 Å². The maximum absolute atomic E-state index is 13.0. The number of rotatable bonds is 5. The fourth-order valence-electron chi connectivity index (χ4n) is 1.77. The highest BCUT2D eigenvalue weighted by atomic mass is 32.1. The minimum absolute atomic E-state index is 0.267. The Labute approximate surface area is 122 Å². The van der Waals surface area contributed by atoms with E-state index in [1.807, 2.05) is 6.92 Å². The first kappa shape index (κ1) is 15.5. The van der Waals surface area contributed by atoms with Crippen molar-refractivity contribution in [2.24, 2.45) is 0 Å². The van der Waals surface area contributed by atoms with Crippen molar-refractivity contribution in [2.45, 2.75) is 26.1 Å². The average molecular weight is 318 g/mol. The number of halogens is 3. The Morgan fingerprint density at radius 2 is 2.14 bits per heavy atom. The summed E-state index contributed by atoms with van der Waals surface area (Å²) in [5, 5.41) is 7.43. The van der Waals surface area contributed by atoms with Gasteiger partial charge in [-0.05, 0) is 12.5 Å². The third-order valence-corrected chi connectivity index (χ3v) is 3.47. The third-order valence-electron chi connectivity index (χ3n) is 2.74. The van der Waals surface area contributed by atoms with Crippen LogP contribution in [0.15, 0.2) is 23.0 Å². The van der Waals surface area contributed by atoms with Crippen LogP contribution in [-0.2, 0) is 12.7 Å². The number of alkyl halides is 3. The molecule has 0 bridgehead atoms. The van der Waals surface area contributed by atoms with Crippen molar-refractivity contribution in [3.63, 3.8) is 0 Å². The van der Waals surface area contributed by atoms with E-state index in [4.69, 9.17) is 0 Å². The van der Waals surface area contributed by atoms with E-state index >= 15 is 0 Å². The lowest BCUT2D eigenvalue weighted by atomic mass is 10.3. The summed E-state index contributed by atoms with van der Waals surface area (Å²) >= 11 is 1.06. The molecule has 2 rings (SSSR count). The third kappa shape index (κ3) is 3.60. The fourth-order valence-corrected chi connectivity index (χ4v) is 2.36. The van der Waals surface area contributed by atoms with Gasteiger partial charge in [-0.1, -0.05) is 17.5 Å². The SMILES string of the molecule is CCCNc1snnc1Cn1c(C(F)(F)F)cccc1=O. The second-order valence-corrected chi connectivity index (χ2v) is 5.06. The molecule has 0 radical (unpaired) electrons. The number of hydrogen-bond donors (Lipinski definition) is 1. The Balaban J connectivity index is 2.36. The summed E-state index contributed by atoms with van der Waals surface area (Å²) in [6, 6.07) is 3.06. The molecule has 0 unspecified atom stereocenters. The summed E-state index contributed by atoms with van der Waals surface area (Å²) in [5.41, 5.74) is -1.39. The molecular weight excluding hydrogens is 305 g/mol. The van der Waals surface area contributed by atoms with Crippen LogP contribution < -0.4 is 10.9 Å². The molecule has 2 aromatic heterocycles. The zero-order valence-electron chi connectivity index (χ0n) is 11.1. The number of nitrogens with one attached hydrogen (secondary N) is 1. The topological polar surface area (TPSA) is 59.8 Å². The molecule has 0 aromatic carbocycles. The zero-order valence-corrected chi connectivity index (χ0v) is 12.0. The van der Waals surface area contributed by atoms with Crippen LogP contribution in [0.5, 0.6) is 0 Å². The minimum Gasteiger partial charge on any atom is -0.374 e. The van der Waals surface area contributed by atoms with Crippen molar-refractivity contribution in [2.75, 3.05) is 11.9 Å². The van der Waals surface area contributed by atoms with Crippen LogP contribution in [0, 0.1) is 0 Å². The van der Waals surface area contributed by atoms with E-state index in [0.29, 0.717) is 21.8 Å². The monoisotopic (exact) mass is 318 g/mol. The molecule has 9 heteroatoms. The van der Waals surface area contributed by atoms with Gasteiger partial charge in [-0.25, -0.2) is 0 Å². The number of anilines is 1. The van der Waals surface area contributed by atoms with E-state index in [0.717, 1.165) is 36.2 Å². The molecule has 0 aliphatic heterocycles. The average Bonchev–Trinajstić information content (AvgIpc) is 2.84. The van der Waals surface area contributed by atoms with Crippen LogP contribution in [0.3, 0.4) is 0 Å². The van der Waals surface area contributed by atoms with E-state index in [2.05, 4.69) is 14.9 Å². The number of aromatic nitrogens is 3. The molecule has 5 nitrogen and oxygen atoms in total. The van der Waals surface area contributed by atoms with Gasteiger partial charge in [0.1, 0.15) is 16.4 Å². The van der Waals surface area contributed by atoms with Crippen molar-refractivity contribution in [3.05, 3.63) is 39.9 Å². The lowest BCUT2D eigenvalue weighted by Gasteiger charge is -2.14. The van der Waals surface area contributed by atoms with Gasteiger partial charge in [0.15, 0.2) is 0 Å². The standard InChI is InChI=1S/C12H13F3N4OS/c1-2-6-16-11-8(17-18-21-11)7-19-9(12(13,14)15)4-3-5-10(19)20/h3-5,16H,2,6-7H2,1H3. The maximum atomic E-state index is 13.0. The normalized spacial score (nSPS) is 11.6. The van der Waals surface area contributed by atoms with Gasteiger partial charge < -0.3 is 5.32 Å². The Hall–Kier alpha value is -1.90. The molecule has 0 saturated heterocycles. The van der Waals surface area contributed by atoms with Gasteiger partial charge >= 0.3 is 6.18 Å². The Kier molecular flexibility index (Phi) is 4.61. The molecule has 21 heavy (non-hydrogen) atoms. The molecule has 2 aromatic rings. The molecule has 0 aliphatic rings. The molecule has 0 aliphatic carbocycles. The van der Waals surface area contributed by atoms with Crippen LogP contribution in [0.4, 0.5) is 18.2 Å². The van der Waals surface area contributed by atoms with Crippen LogP contribution in [0.25, 0.3) is 0 Å². The van der Waals surface area contributed by atoms with Gasteiger partial charge in [-0.2, -0.15) is 13.2 Å². The summed E-state index contributed by atoms with van der Waals surface area (Å²) in [6.07, 6.45) is -3.74. The second kappa shape index (κ2) is 6.25. The quantitative estimate of drug-likeness (QED) is 0.920. The lowest BCUT2D eigenvalue weighted by molar-refractivity contribution is -0.144. The van der Waals surface area contributed by atoms with E-state index < -0.39 is 17.4 Å². The van der Waals surface area contributed by atoms with Crippen molar-refractivity contribution in [1.82, 2.24) is 14.2 Å². The maximum Gasteiger partial charge on any atom is 0.431 e. The highest BCUT2D eigenvalue weighted by Gasteiger charge is 2.34. The first-order valence-corrected chi connectivity index (χ1v) is 7.03. The van der Waals surface area contributed by atoms with Crippen molar-refractivity contribution in [3.8, 4) is 0 Å². The van der Waals surface area contributed by atoms with Gasteiger partial charge in [0.05, 0.1) is 6.54 Å². The van der Waals surface area contributed by atoms with E-state index in [1.54, 1.807) is 0 Å². The van der Waals surface area contributed by atoms with E-state index in [1.165, 1.54) is 0 Å². The number of hydrogen-bond acceptors (Lipinski definition) is 5. The molecule has 2 heterocycles. The first-order chi connectivity index (χ1) is 9.93. The Morgan fingerprint density at radius 3 is 2.81 bits per heavy atom. The minimum atomic E-state index is -4.60. The van der Waals surface area contributed by atoms with Crippen molar-refractivity contribution in [1.29, 1.82) is 0 Å². The van der Waals surface area contributed by atoms with Gasteiger partial charge in [-0.15, -0.1) is 5.10 Å². The zero-order chi connectivity index (χ0) is 15.5. The van der Waals surface area contributed by atoms with Crippen LogP contribution in [0.2, 0.25) is 0 Å². The summed E-state index contributed by atoms with van der Waals surface area (Å²) in [5.74, 6) is 0. The predicted molar refractivity (Wildman–Crippen MR) is 73.5 cm³/mol. The summed E-state index contributed by atoms with van der Waals surface area (Å²) < 4.78 is 43.2. The molecular formula is C12H13F3N4OS. The summed E-state index contributed by atoms with van der Waals surface area (Å²) in [7, 11) is 0. The highest BCUT2D eigenvalue weighted by molar-refractivity contribution is 7.10. The molecule has 0 amide bonds. The molecule has 0 spiro atoms. The number of nitrogens with zero attached hydrogens (tertiary/aromatic N) is 3. The highest BCUT2D eigenvalue weighted by Crippen LogP contribution is 2.29.